The molecule has 5 nitrogen and oxygen atoms in total. The van der Waals surface area contributed by atoms with Gasteiger partial charge in [-0.25, -0.2) is 8.78 Å². The predicted octanol–water partition coefficient (Wildman–Crippen LogP) is 2.18. The van der Waals surface area contributed by atoms with Crippen LogP contribution in [0.2, 0.25) is 0 Å². The highest BCUT2D eigenvalue weighted by atomic mass is 19.1. The van der Waals surface area contributed by atoms with E-state index in [1.807, 2.05) is 0 Å². The van der Waals surface area contributed by atoms with Gasteiger partial charge in [0.1, 0.15) is 11.6 Å². The molecule has 24 heavy (non-hydrogen) atoms. The zero-order chi connectivity index (χ0) is 18.3. The number of carboxylic acids is 1. The van der Waals surface area contributed by atoms with Gasteiger partial charge >= 0.3 is 5.97 Å². The number of carbonyl (C=O) groups is 1. The number of halogens is 2. The molecule has 7 heteroatoms. The molecule has 0 saturated carbocycles. The molecule has 0 aliphatic heterocycles. The van der Waals surface area contributed by atoms with Crippen molar-refractivity contribution in [3.8, 4) is 0 Å². The van der Waals surface area contributed by atoms with Crippen molar-refractivity contribution in [2.24, 2.45) is 11.8 Å². The van der Waals surface area contributed by atoms with Crippen LogP contribution in [0.1, 0.15) is 25.8 Å². The molecular formula is C17H25F2NO4. The van der Waals surface area contributed by atoms with Gasteiger partial charge in [-0.05, 0) is 37.1 Å². The molecule has 1 rings (SSSR count). The minimum Gasteiger partial charge on any atom is -0.481 e. The Kier molecular flexibility index (Phi) is 8.24. The number of benzene rings is 1. The number of likely N-dealkylation sites (N-methyl/N-ethyl adjacent to an activating group) is 1. The monoisotopic (exact) mass is 345 g/mol. The van der Waals surface area contributed by atoms with Crippen LogP contribution in [0.4, 0.5) is 8.78 Å². The highest BCUT2D eigenvalue weighted by Crippen LogP contribution is 2.19. The van der Waals surface area contributed by atoms with Crippen LogP contribution in [0.3, 0.4) is 0 Å². The number of carboxylic acid groups (broad SMARTS) is 1. The lowest BCUT2D eigenvalue weighted by Gasteiger charge is -2.26. The van der Waals surface area contributed by atoms with Gasteiger partial charge < -0.3 is 20.3 Å². The van der Waals surface area contributed by atoms with Crippen LogP contribution in [0.15, 0.2) is 18.2 Å². The van der Waals surface area contributed by atoms with E-state index in [0.29, 0.717) is 5.56 Å². The van der Waals surface area contributed by atoms with E-state index in [0.717, 1.165) is 6.07 Å². The number of hydrogen-bond donors (Lipinski definition) is 3. The molecule has 3 unspecified atom stereocenters. The molecule has 0 bridgehead atoms. The predicted molar refractivity (Wildman–Crippen MR) is 85.4 cm³/mol. The Morgan fingerprint density at radius 2 is 1.83 bits per heavy atom. The molecule has 0 heterocycles. The van der Waals surface area contributed by atoms with Crippen molar-refractivity contribution in [3.63, 3.8) is 0 Å². The molecule has 136 valence electrons. The lowest BCUT2D eigenvalue weighted by molar-refractivity contribution is -0.144. The van der Waals surface area contributed by atoms with Gasteiger partial charge in [0.05, 0.1) is 31.3 Å². The molecule has 0 radical (unpaired) electrons. The van der Waals surface area contributed by atoms with E-state index in [1.165, 1.54) is 12.1 Å². The van der Waals surface area contributed by atoms with E-state index in [2.05, 4.69) is 5.32 Å². The fourth-order valence-electron chi connectivity index (χ4n) is 2.47. The molecule has 1 aromatic carbocycles. The molecule has 0 aromatic heterocycles. The van der Waals surface area contributed by atoms with Crippen molar-refractivity contribution in [3.05, 3.63) is 35.4 Å². The van der Waals surface area contributed by atoms with Gasteiger partial charge in [0.2, 0.25) is 0 Å². The maximum atomic E-state index is 13.1. The number of ether oxygens (including phenoxy) is 1. The molecule has 0 amide bonds. The first-order chi connectivity index (χ1) is 11.2. The molecule has 0 spiro atoms. The SMILES string of the molecule is CNC(COCc1cc(F)cc(F)c1)C(O)CC(C(=O)O)C(C)C. The smallest absolute Gasteiger partial charge is 0.306 e. The molecule has 0 aliphatic carbocycles. The van der Waals surface area contributed by atoms with Gasteiger partial charge in [-0.1, -0.05) is 13.8 Å². The summed E-state index contributed by atoms with van der Waals surface area (Å²) >= 11 is 0. The second-order valence-electron chi connectivity index (χ2n) is 6.18. The van der Waals surface area contributed by atoms with Crippen molar-refractivity contribution in [2.45, 2.75) is 39.0 Å². The summed E-state index contributed by atoms with van der Waals surface area (Å²) in [5.41, 5.74) is 0.349. The Balaban J connectivity index is 2.55. The third-order valence-corrected chi connectivity index (χ3v) is 3.94. The fourth-order valence-corrected chi connectivity index (χ4v) is 2.47. The van der Waals surface area contributed by atoms with Gasteiger partial charge in [0.15, 0.2) is 0 Å². The molecule has 1 aromatic rings. The lowest BCUT2D eigenvalue weighted by atomic mass is 9.88. The fraction of sp³-hybridized carbons (Fsp3) is 0.588. The summed E-state index contributed by atoms with van der Waals surface area (Å²) in [7, 11) is 1.63. The number of nitrogens with one attached hydrogen (secondary N) is 1. The van der Waals surface area contributed by atoms with Gasteiger partial charge in [-0.15, -0.1) is 0 Å². The Labute approximate surface area is 140 Å². The van der Waals surface area contributed by atoms with Crippen molar-refractivity contribution in [2.75, 3.05) is 13.7 Å². The van der Waals surface area contributed by atoms with E-state index in [4.69, 9.17) is 4.74 Å². The second-order valence-corrected chi connectivity index (χ2v) is 6.18. The van der Waals surface area contributed by atoms with Gasteiger partial charge in [-0.3, -0.25) is 4.79 Å². The molecular weight excluding hydrogens is 320 g/mol. The highest BCUT2D eigenvalue weighted by Gasteiger charge is 2.28. The van der Waals surface area contributed by atoms with Crippen molar-refractivity contribution < 1.29 is 28.5 Å². The number of hydrogen-bond acceptors (Lipinski definition) is 4. The molecule has 0 aliphatic rings. The van der Waals surface area contributed by atoms with Crippen molar-refractivity contribution in [1.82, 2.24) is 5.32 Å². The standard InChI is InChI=1S/C17H25F2NO4/c1-10(2)14(17(22)23)7-16(21)15(20-3)9-24-8-11-4-12(18)6-13(19)5-11/h4-6,10,14-16,20-21H,7-9H2,1-3H3,(H,22,23). The number of aliphatic hydroxyl groups excluding tert-OH is 1. The van der Waals surface area contributed by atoms with Crippen LogP contribution in [0.5, 0.6) is 0 Å². The Morgan fingerprint density at radius 1 is 1.25 bits per heavy atom. The maximum Gasteiger partial charge on any atom is 0.306 e. The van der Waals surface area contributed by atoms with Crippen LogP contribution < -0.4 is 5.32 Å². The maximum absolute atomic E-state index is 13.1. The minimum atomic E-state index is -0.949. The normalized spacial score (nSPS) is 15.3. The van der Waals surface area contributed by atoms with Crippen LogP contribution in [-0.2, 0) is 16.1 Å². The zero-order valence-electron chi connectivity index (χ0n) is 14.1. The number of aliphatic carboxylic acids is 1. The molecule has 0 saturated heterocycles. The molecule has 3 N–H and O–H groups in total. The Hall–Kier alpha value is -1.57. The average Bonchev–Trinajstić information content (AvgIpc) is 2.47. The summed E-state index contributed by atoms with van der Waals surface area (Å²) < 4.78 is 31.6. The first-order valence-electron chi connectivity index (χ1n) is 7.85. The van der Waals surface area contributed by atoms with Crippen LogP contribution in [-0.4, -0.2) is 42.0 Å². The topological polar surface area (TPSA) is 78.8 Å². The number of aliphatic hydroxyl groups is 1. The van der Waals surface area contributed by atoms with E-state index < -0.39 is 35.7 Å². The summed E-state index contributed by atoms with van der Waals surface area (Å²) in [6.45, 7) is 3.65. The third-order valence-electron chi connectivity index (χ3n) is 3.94. The van der Waals surface area contributed by atoms with E-state index in [1.54, 1.807) is 20.9 Å². The molecule has 3 atom stereocenters. The van der Waals surface area contributed by atoms with E-state index in [9.17, 15) is 23.8 Å². The summed E-state index contributed by atoms with van der Waals surface area (Å²) in [5, 5.41) is 22.3. The lowest BCUT2D eigenvalue weighted by Crippen LogP contribution is -2.43. The Morgan fingerprint density at radius 3 is 2.29 bits per heavy atom. The van der Waals surface area contributed by atoms with E-state index in [-0.39, 0.29) is 25.6 Å². The van der Waals surface area contributed by atoms with Gasteiger partial charge in [0, 0.05) is 6.07 Å². The summed E-state index contributed by atoms with van der Waals surface area (Å²) in [4.78, 5) is 11.2. The Bertz CT molecular complexity index is 519. The first kappa shape index (κ1) is 20.5. The van der Waals surface area contributed by atoms with Crippen molar-refractivity contribution >= 4 is 5.97 Å². The summed E-state index contributed by atoms with van der Waals surface area (Å²) in [6, 6.07) is 2.64. The third kappa shape index (κ3) is 6.51. The number of rotatable bonds is 10. The van der Waals surface area contributed by atoms with E-state index >= 15 is 0 Å². The quantitative estimate of drug-likeness (QED) is 0.606. The average molecular weight is 345 g/mol. The summed E-state index contributed by atoms with van der Waals surface area (Å²) in [6.07, 6.45) is -0.820. The van der Waals surface area contributed by atoms with Gasteiger partial charge in [0.25, 0.3) is 0 Å². The summed E-state index contributed by atoms with van der Waals surface area (Å²) in [5.74, 6) is -3.07. The van der Waals surface area contributed by atoms with Crippen LogP contribution in [0, 0.1) is 23.5 Å². The largest absolute Gasteiger partial charge is 0.481 e. The molecule has 0 fully saturated rings. The van der Waals surface area contributed by atoms with Crippen molar-refractivity contribution in [1.29, 1.82) is 0 Å². The van der Waals surface area contributed by atoms with Crippen LogP contribution in [0.25, 0.3) is 0 Å². The first-order valence-corrected chi connectivity index (χ1v) is 7.85. The minimum absolute atomic E-state index is 0.00782. The second kappa shape index (κ2) is 9.66. The van der Waals surface area contributed by atoms with Gasteiger partial charge in [-0.2, -0.15) is 0 Å². The highest BCUT2D eigenvalue weighted by molar-refractivity contribution is 5.70. The zero-order valence-corrected chi connectivity index (χ0v) is 14.1. The van der Waals surface area contributed by atoms with Crippen LogP contribution >= 0.6 is 0 Å².